The van der Waals surface area contributed by atoms with Gasteiger partial charge in [0.15, 0.2) is 0 Å². The first-order chi connectivity index (χ1) is 9.04. The quantitative estimate of drug-likeness (QED) is 0.213. The summed E-state index contributed by atoms with van der Waals surface area (Å²) >= 11 is 12.4. The summed E-state index contributed by atoms with van der Waals surface area (Å²) in [6, 6.07) is 0. The van der Waals surface area contributed by atoms with E-state index in [2.05, 4.69) is 59.9 Å². The number of carbonyl (C=O) groups excluding carboxylic acids is 3. The first kappa shape index (κ1) is 30.0. The molecule has 0 bridgehead atoms. The third kappa shape index (κ3) is 88.7. The molecule has 0 aromatic heterocycles. The number of hydrogen-bond donors (Lipinski definition) is 0. The van der Waals surface area contributed by atoms with Gasteiger partial charge in [-0.05, 0) is 27.2 Å². The van der Waals surface area contributed by atoms with Gasteiger partial charge in [-0.25, -0.2) is 0 Å². The molecule has 20 heavy (non-hydrogen) atoms. The average molecular weight is 682 g/mol. The van der Waals surface area contributed by atoms with Crippen molar-refractivity contribution < 1.29 is 19.3 Å². The van der Waals surface area contributed by atoms with Crippen molar-refractivity contribution >= 4 is 88.9 Å². The predicted molar refractivity (Wildman–Crippen MR) is 110 cm³/mol. The van der Waals surface area contributed by atoms with Gasteiger partial charge in [0.1, 0.15) is 17.3 Å². The van der Waals surface area contributed by atoms with Gasteiger partial charge in [-0.1, -0.05) is 13.8 Å². The minimum atomic E-state index is -0.278. The van der Waals surface area contributed by atoms with Crippen LogP contribution in [0.2, 0.25) is 0 Å². The molecule has 0 unspecified atom stereocenters. The van der Waals surface area contributed by atoms with Crippen LogP contribution in [-0.2, 0) is 19.3 Å². The van der Waals surface area contributed by atoms with Crippen LogP contribution in [0.3, 0.4) is 0 Å². The van der Waals surface area contributed by atoms with Gasteiger partial charge in [0.05, 0.1) is 6.42 Å². The molecule has 8 heteroatoms. The molecule has 0 saturated heterocycles. The van der Waals surface area contributed by atoms with Crippen LogP contribution in [0.1, 0.15) is 53.9 Å². The van der Waals surface area contributed by atoms with Gasteiger partial charge >= 0.3 is 64.9 Å². The van der Waals surface area contributed by atoms with Gasteiger partial charge in [0.25, 0.3) is 0 Å². The molecule has 0 atom stereocenters. The second-order valence-electron chi connectivity index (χ2n) is 3.49. The maximum absolute atomic E-state index is 10.0. The molecule has 0 aliphatic heterocycles. The standard InChI is InChI=1S/C5H8O2.C5H10O.C2H5Cl.3HI.V/c1-4(6)3-5(2)7;1-3-4-5(2)6;1-2-3;;;;/h3H2,1-2H3;3-4H2,1-2H3;2H2,1H3;3*1H;/q;;;;;;+3/p-3. The molecule has 0 saturated carbocycles. The molecule has 0 fully saturated rings. The van der Waals surface area contributed by atoms with E-state index in [4.69, 9.17) is 11.6 Å². The topological polar surface area (TPSA) is 51.2 Å². The van der Waals surface area contributed by atoms with E-state index in [1.165, 1.54) is 13.8 Å². The molecule has 3 nitrogen and oxygen atoms in total. The third-order valence-corrected chi connectivity index (χ3v) is 1.10. The number of ketones is 3. The summed E-state index contributed by atoms with van der Waals surface area (Å²) in [5.74, 6) is 0.887. The van der Waals surface area contributed by atoms with Crippen molar-refractivity contribution in [2.24, 2.45) is 0 Å². The van der Waals surface area contributed by atoms with Gasteiger partial charge in [-0.2, -0.15) is 0 Å². The van der Waals surface area contributed by atoms with E-state index >= 15 is 0 Å². The SMILES string of the molecule is CC(=O)CC(C)=O.CCCC(C)=O.CCCl.[I][V]([I])[I]. The van der Waals surface area contributed by atoms with E-state index in [-0.39, 0.29) is 28.7 Å². The Kier molecular flexibility index (Phi) is 39.0. The van der Waals surface area contributed by atoms with Crippen molar-refractivity contribution in [1.82, 2.24) is 0 Å². The summed E-state index contributed by atoms with van der Waals surface area (Å²) in [6.45, 7) is 8.31. The number of rotatable bonds is 4. The molecule has 0 aromatic carbocycles. The normalized spacial score (nSPS) is 8.10. The van der Waals surface area contributed by atoms with Gasteiger partial charge in [0.2, 0.25) is 0 Å². The third-order valence-electron chi connectivity index (χ3n) is 1.10. The molecule has 0 aromatic rings. The summed E-state index contributed by atoms with van der Waals surface area (Å²) in [5.41, 5.74) is 0. The van der Waals surface area contributed by atoms with Gasteiger partial charge in [-0.3, -0.25) is 9.59 Å². The summed E-state index contributed by atoms with van der Waals surface area (Å²) in [6.07, 6.45) is 1.80. The van der Waals surface area contributed by atoms with Crippen LogP contribution in [0.15, 0.2) is 0 Å². The summed E-state index contributed by atoms with van der Waals surface area (Å²) < 4.78 is 0. The number of halogens is 4. The number of hydrogen-bond acceptors (Lipinski definition) is 3. The molecular formula is C12H23ClI3O3V. The Balaban J connectivity index is -0.0000000899. The molecule has 122 valence electrons. The van der Waals surface area contributed by atoms with E-state index in [9.17, 15) is 14.4 Å². The van der Waals surface area contributed by atoms with Crippen LogP contribution in [-0.4, -0.2) is 23.2 Å². The van der Waals surface area contributed by atoms with E-state index < -0.39 is 0 Å². The number of Topliss-reactive ketones (excluding diaryl/α,β-unsaturated/α-hetero) is 3. The first-order valence-corrected chi connectivity index (χ1v) is 19.9. The summed E-state index contributed by atoms with van der Waals surface area (Å²) in [4.78, 5) is 29.8. The molecular weight excluding hydrogens is 659 g/mol. The van der Waals surface area contributed by atoms with E-state index in [0.717, 1.165) is 18.7 Å². The van der Waals surface area contributed by atoms with Crippen molar-refractivity contribution in [1.29, 1.82) is 0 Å². The fraction of sp³-hybridized carbons (Fsp3) is 0.750. The van der Waals surface area contributed by atoms with Gasteiger partial charge < -0.3 is 4.79 Å². The summed E-state index contributed by atoms with van der Waals surface area (Å²) in [5, 5.41) is 0. The van der Waals surface area contributed by atoms with Crippen molar-refractivity contribution in [3.63, 3.8) is 0 Å². The summed E-state index contributed by atoms with van der Waals surface area (Å²) in [7, 11) is 0. The fourth-order valence-electron chi connectivity index (χ4n) is 0.703. The second kappa shape index (κ2) is 26.0. The Labute approximate surface area is 165 Å². The van der Waals surface area contributed by atoms with E-state index in [1.807, 2.05) is 13.8 Å². The molecule has 0 amide bonds. The van der Waals surface area contributed by atoms with Gasteiger partial charge in [0, 0.05) is 12.3 Å². The van der Waals surface area contributed by atoms with Crippen molar-refractivity contribution in [3.8, 4) is 0 Å². The second-order valence-corrected chi connectivity index (χ2v) is 39.4. The Morgan fingerprint density at radius 1 is 0.900 bits per heavy atom. The monoisotopic (exact) mass is 682 g/mol. The molecule has 0 radical (unpaired) electrons. The zero-order valence-corrected chi connectivity index (χ0v) is 21.1. The molecule has 0 aliphatic rings. The predicted octanol–water partition coefficient (Wildman–Crippen LogP) is 5.83. The van der Waals surface area contributed by atoms with Crippen molar-refractivity contribution in [2.45, 2.75) is 53.9 Å². The van der Waals surface area contributed by atoms with Crippen LogP contribution in [0.5, 0.6) is 0 Å². The molecule has 0 heterocycles. The zero-order chi connectivity index (χ0) is 17.1. The number of carbonyl (C=O) groups is 3. The Morgan fingerprint density at radius 3 is 1.15 bits per heavy atom. The molecule has 0 spiro atoms. The van der Waals surface area contributed by atoms with Crippen molar-refractivity contribution in [3.05, 3.63) is 0 Å². The van der Waals surface area contributed by atoms with Crippen LogP contribution < -0.4 is 0 Å². The fourth-order valence-corrected chi connectivity index (χ4v) is 0.703. The van der Waals surface area contributed by atoms with E-state index in [0.29, 0.717) is 0 Å². The minimum absolute atomic E-state index is 0.0625. The van der Waals surface area contributed by atoms with Crippen LogP contribution in [0, 0.1) is 0 Å². The Morgan fingerprint density at radius 2 is 1.15 bits per heavy atom. The number of alkyl halides is 1. The Hall–Kier alpha value is 2.07. The Bertz CT molecular complexity index is 237. The van der Waals surface area contributed by atoms with Crippen molar-refractivity contribution in [2.75, 3.05) is 5.88 Å². The van der Waals surface area contributed by atoms with Crippen LogP contribution in [0.4, 0.5) is 0 Å². The molecule has 0 N–H and O–H groups in total. The van der Waals surface area contributed by atoms with Gasteiger partial charge in [-0.15, -0.1) is 11.6 Å². The average Bonchev–Trinajstić information content (AvgIpc) is 2.15. The maximum atomic E-state index is 10.0. The molecule has 0 aliphatic carbocycles. The van der Waals surface area contributed by atoms with Crippen LogP contribution >= 0.6 is 71.5 Å². The molecule has 0 rings (SSSR count). The van der Waals surface area contributed by atoms with Crippen LogP contribution in [0.25, 0.3) is 0 Å². The van der Waals surface area contributed by atoms with E-state index in [1.54, 1.807) is 6.92 Å². The zero-order valence-electron chi connectivity index (χ0n) is 12.5. The first-order valence-electron chi connectivity index (χ1n) is 5.86.